The molecule has 0 aliphatic carbocycles. The fourth-order valence-corrected chi connectivity index (χ4v) is 4.14. The molecular weight excluding hydrogens is 458 g/mol. The molecule has 0 atom stereocenters. The number of rotatable bonds is 9. The van der Waals surface area contributed by atoms with Crippen molar-refractivity contribution in [3.63, 3.8) is 0 Å². The number of nitrogens with one attached hydrogen (secondary N) is 1. The van der Waals surface area contributed by atoms with Crippen LogP contribution in [-0.4, -0.2) is 39.7 Å². The Morgan fingerprint density at radius 3 is 2.40 bits per heavy atom. The summed E-state index contributed by atoms with van der Waals surface area (Å²) < 4.78 is 7.24. The molecule has 0 aliphatic heterocycles. The van der Waals surface area contributed by atoms with Gasteiger partial charge in [-0.2, -0.15) is 5.10 Å². The third-order valence-corrected chi connectivity index (χ3v) is 6.33. The topological polar surface area (TPSA) is 81.4 Å². The molecule has 0 spiro atoms. The lowest BCUT2D eigenvalue weighted by Gasteiger charge is -2.11. The molecule has 0 bridgehead atoms. The number of benzene rings is 3. The number of ether oxygens (including phenoxy) is 1. The average Bonchev–Trinajstić information content (AvgIpc) is 3.32. The molecule has 178 valence electrons. The summed E-state index contributed by atoms with van der Waals surface area (Å²) in [6, 6.07) is 23.8. The summed E-state index contributed by atoms with van der Waals surface area (Å²) >= 11 is 1.30. The highest BCUT2D eigenvalue weighted by Crippen LogP contribution is 2.29. The summed E-state index contributed by atoms with van der Waals surface area (Å²) in [5.74, 6) is 1.38. The lowest BCUT2D eigenvalue weighted by molar-refractivity contribution is -0.118. The summed E-state index contributed by atoms with van der Waals surface area (Å²) in [4.78, 5) is 12.4. The predicted molar refractivity (Wildman–Crippen MR) is 140 cm³/mol. The quantitative estimate of drug-likeness (QED) is 0.204. The Hall–Kier alpha value is -3.91. The molecule has 1 aromatic heterocycles. The number of hydrogen-bond acceptors (Lipinski definition) is 6. The van der Waals surface area contributed by atoms with Crippen LogP contribution in [0.3, 0.4) is 0 Å². The van der Waals surface area contributed by atoms with Gasteiger partial charge in [0.1, 0.15) is 5.75 Å². The van der Waals surface area contributed by atoms with E-state index < -0.39 is 0 Å². The smallest absolute Gasteiger partial charge is 0.250 e. The predicted octanol–water partition coefficient (Wildman–Crippen LogP) is 5.06. The van der Waals surface area contributed by atoms with Crippen LogP contribution in [0.4, 0.5) is 0 Å². The second-order valence-corrected chi connectivity index (χ2v) is 8.83. The van der Waals surface area contributed by atoms with Crippen LogP contribution < -0.4 is 10.2 Å². The van der Waals surface area contributed by atoms with E-state index in [2.05, 4.69) is 39.8 Å². The molecule has 0 aliphatic rings. The number of carbonyl (C=O) groups excluding carboxylic acids is 1. The number of amides is 1. The van der Waals surface area contributed by atoms with E-state index in [1.807, 2.05) is 72.2 Å². The molecule has 1 amide bonds. The first-order chi connectivity index (χ1) is 17.1. The van der Waals surface area contributed by atoms with Crippen LogP contribution in [0, 0.1) is 6.92 Å². The van der Waals surface area contributed by atoms with Gasteiger partial charge < -0.3 is 4.74 Å². The van der Waals surface area contributed by atoms with Gasteiger partial charge in [-0.25, -0.2) is 5.43 Å². The second-order valence-electron chi connectivity index (χ2n) is 7.88. The van der Waals surface area contributed by atoms with Crippen LogP contribution in [0.5, 0.6) is 5.75 Å². The molecule has 4 rings (SSSR count). The number of carbonyl (C=O) groups is 1. The molecule has 1 heterocycles. The highest BCUT2D eigenvalue weighted by molar-refractivity contribution is 7.99. The molecule has 7 nitrogen and oxygen atoms in total. The molecule has 0 saturated heterocycles. The zero-order valence-electron chi connectivity index (χ0n) is 19.9. The first kappa shape index (κ1) is 24.2. The van der Waals surface area contributed by atoms with Crippen molar-refractivity contribution in [1.82, 2.24) is 20.2 Å². The van der Waals surface area contributed by atoms with Crippen molar-refractivity contribution >= 4 is 23.9 Å². The van der Waals surface area contributed by atoms with E-state index in [4.69, 9.17) is 4.74 Å². The summed E-state index contributed by atoms with van der Waals surface area (Å²) in [7, 11) is 1.63. The normalized spacial score (nSPS) is 11.1. The Balaban J connectivity index is 1.49. The Bertz CT molecular complexity index is 1300. The number of aromatic nitrogens is 3. The maximum atomic E-state index is 12.4. The van der Waals surface area contributed by atoms with Crippen LogP contribution in [0.15, 0.2) is 83.1 Å². The van der Waals surface area contributed by atoms with E-state index in [-0.39, 0.29) is 11.7 Å². The van der Waals surface area contributed by atoms with Gasteiger partial charge in [-0.3, -0.25) is 9.36 Å². The average molecular weight is 486 g/mol. The largest absolute Gasteiger partial charge is 0.497 e. The fourth-order valence-electron chi connectivity index (χ4n) is 3.40. The van der Waals surface area contributed by atoms with Gasteiger partial charge in [-0.05, 0) is 48.7 Å². The zero-order valence-corrected chi connectivity index (χ0v) is 20.7. The van der Waals surface area contributed by atoms with Gasteiger partial charge in [0.05, 0.1) is 19.1 Å². The Labute approximate surface area is 209 Å². The van der Waals surface area contributed by atoms with Crippen molar-refractivity contribution in [3.8, 4) is 22.8 Å². The number of thioether (sulfide) groups is 1. The molecule has 0 unspecified atom stereocenters. The number of nitrogens with zero attached hydrogens (tertiary/aromatic N) is 4. The summed E-state index contributed by atoms with van der Waals surface area (Å²) in [5, 5.41) is 13.5. The molecule has 0 radical (unpaired) electrons. The maximum absolute atomic E-state index is 12.4. The van der Waals surface area contributed by atoms with Gasteiger partial charge in [0.15, 0.2) is 11.0 Å². The van der Waals surface area contributed by atoms with E-state index in [1.54, 1.807) is 13.3 Å². The number of hydrogen-bond donors (Lipinski definition) is 1. The Kier molecular flexibility index (Phi) is 7.95. The van der Waals surface area contributed by atoms with Gasteiger partial charge in [-0.1, -0.05) is 72.8 Å². The molecular formula is C27H27N5O2S. The van der Waals surface area contributed by atoms with Gasteiger partial charge in [-0.15, -0.1) is 10.2 Å². The molecule has 1 N–H and O–H groups in total. The van der Waals surface area contributed by atoms with Crippen LogP contribution in [0.25, 0.3) is 17.1 Å². The third kappa shape index (κ3) is 6.16. The Morgan fingerprint density at radius 1 is 1.03 bits per heavy atom. The lowest BCUT2D eigenvalue weighted by atomic mass is 10.1. The highest BCUT2D eigenvalue weighted by Gasteiger charge is 2.17. The van der Waals surface area contributed by atoms with Crippen LogP contribution in [-0.2, 0) is 11.2 Å². The molecule has 4 aromatic rings. The molecule has 8 heteroatoms. The molecule has 3 aromatic carbocycles. The van der Waals surface area contributed by atoms with E-state index in [9.17, 15) is 4.79 Å². The fraction of sp³-hybridized carbons (Fsp3) is 0.185. The minimum atomic E-state index is -0.224. The van der Waals surface area contributed by atoms with Crippen molar-refractivity contribution in [3.05, 3.63) is 89.5 Å². The lowest BCUT2D eigenvalue weighted by Crippen LogP contribution is -2.20. The van der Waals surface area contributed by atoms with Crippen LogP contribution in [0.1, 0.15) is 23.6 Å². The maximum Gasteiger partial charge on any atom is 0.250 e. The number of hydrazone groups is 1. The molecule has 0 fully saturated rings. The standard InChI is InChI=1S/C27H27N5O2S/c1-4-20-7-9-21(10-8-20)17-28-29-25(33)18-35-27-31-30-26(22-11-5-19(2)6-12-22)32(27)23-13-15-24(34-3)16-14-23/h5-17H,4,18H2,1-3H3,(H,29,33). The van der Waals surface area contributed by atoms with Gasteiger partial charge in [0, 0.05) is 11.3 Å². The van der Waals surface area contributed by atoms with Crippen molar-refractivity contribution in [2.24, 2.45) is 5.10 Å². The van der Waals surface area contributed by atoms with Crippen LogP contribution in [0.2, 0.25) is 0 Å². The Morgan fingerprint density at radius 2 is 1.74 bits per heavy atom. The molecule has 0 saturated carbocycles. The SMILES string of the molecule is CCc1ccc(C=NNC(=O)CSc2nnc(-c3ccc(C)cc3)n2-c2ccc(OC)cc2)cc1. The monoisotopic (exact) mass is 485 g/mol. The molecule has 35 heavy (non-hydrogen) atoms. The second kappa shape index (κ2) is 11.5. The first-order valence-electron chi connectivity index (χ1n) is 11.3. The van der Waals surface area contributed by atoms with Gasteiger partial charge >= 0.3 is 0 Å². The van der Waals surface area contributed by atoms with Gasteiger partial charge in [0.25, 0.3) is 5.91 Å². The van der Waals surface area contributed by atoms with Crippen LogP contribution >= 0.6 is 11.8 Å². The third-order valence-electron chi connectivity index (χ3n) is 5.40. The summed E-state index contributed by atoms with van der Waals surface area (Å²) in [6.45, 7) is 4.15. The van der Waals surface area contributed by atoms with Crippen molar-refractivity contribution < 1.29 is 9.53 Å². The number of methoxy groups -OCH3 is 1. The van der Waals surface area contributed by atoms with E-state index in [0.717, 1.165) is 34.5 Å². The van der Waals surface area contributed by atoms with Gasteiger partial charge in [0.2, 0.25) is 0 Å². The summed E-state index contributed by atoms with van der Waals surface area (Å²) in [6.07, 6.45) is 2.62. The van der Waals surface area contributed by atoms with Crippen molar-refractivity contribution in [2.45, 2.75) is 25.4 Å². The zero-order chi connectivity index (χ0) is 24.6. The highest BCUT2D eigenvalue weighted by atomic mass is 32.2. The van der Waals surface area contributed by atoms with Crippen molar-refractivity contribution in [1.29, 1.82) is 0 Å². The van der Waals surface area contributed by atoms with Crippen molar-refractivity contribution in [2.75, 3.05) is 12.9 Å². The minimum absolute atomic E-state index is 0.147. The number of aryl methyl sites for hydroxylation is 2. The minimum Gasteiger partial charge on any atom is -0.497 e. The first-order valence-corrected chi connectivity index (χ1v) is 12.3. The van der Waals surface area contributed by atoms with E-state index in [1.165, 1.54) is 17.3 Å². The van der Waals surface area contributed by atoms with E-state index in [0.29, 0.717) is 11.0 Å². The van der Waals surface area contributed by atoms with E-state index >= 15 is 0 Å². The summed E-state index contributed by atoms with van der Waals surface area (Å²) in [5.41, 5.74) is 7.75.